The molecular weight excluding hydrogens is 216 g/mol. The zero-order chi connectivity index (χ0) is 11.7. The minimum atomic E-state index is 0.611. The van der Waals surface area contributed by atoms with Crippen LogP contribution in [0.1, 0.15) is 5.69 Å². The molecule has 2 aromatic rings. The van der Waals surface area contributed by atoms with E-state index in [1.165, 1.54) is 0 Å². The quantitative estimate of drug-likeness (QED) is 0.833. The SMILES string of the molecule is Cc1[nH]ccc1Nc1ccc2c(c1)OCCO2. The van der Waals surface area contributed by atoms with Gasteiger partial charge in [-0.3, -0.25) is 0 Å². The maximum absolute atomic E-state index is 5.54. The number of fused-ring (bicyclic) bond motifs is 1. The van der Waals surface area contributed by atoms with Crippen molar-refractivity contribution < 1.29 is 9.47 Å². The van der Waals surface area contributed by atoms with Crippen LogP contribution in [0.2, 0.25) is 0 Å². The third-order valence-electron chi connectivity index (χ3n) is 2.78. The molecule has 2 heterocycles. The van der Waals surface area contributed by atoms with Crippen LogP contribution in [-0.2, 0) is 0 Å². The Balaban J connectivity index is 1.87. The second-order valence-corrected chi connectivity index (χ2v) is 4.00. The van der Waals surface area contributed by atoms with E-state index in [2.05, 4.69) is 10.3 Å². The fourth-order valence-corrected chi connectivity index (χ4v) is 1.86. The third kappa shape index (κ3) is 1.93. The maximum Gasteiger partial charge on any atom is 0.163 e. The van der Waals surface area contributed by atoms with E-state index in [4.69, 9.17) is 9.47 Å². The minimum absolute atomic E-state index is 0.611. The number of rotatable bonds is 2. The number of ether oxygens (including phenoxy) is 2. The number of aryl methyl sites for hydroxylation is 1. The first kappa shape index (κ1) is 10.1. The molecule has 0 spiro atoms. The molecule has 1 aromatic carbocycles. The molecule has 0 saturated heterocycles. The fourth-order valence-electron chi connectivity index (χ4n) is 1.86. The molecule has 0 amide bonds. The Labute approximate surface area is 99.6 Å². The molecule has 0 atom stereocenters. The monoisotopic (exact) mass is 230 g/mol. The van der Waals surface area contributed by atoms with Crippen LogP contribution < -0.4 is 14.8 Å². The van der Waals surface area contributed by atoms with Gasteiger partial charge in [-0.1, -0.05) is 0 Å². The molecule has 0 aliphatic carbocycles. The van der Waals surface area contributed by atoms with Crippen molar-refractivity contribution in [2.24, 2.45) is 0 Å². The van der Waals surface area contributed by atoms with Crippen molar-refractivity contribution in [3.05, 3.63) is 36.2 Å². The average molecular weight is 230 g/mol. The van der Waals surface area contributed by atoms with Crippen molar-refractivity contribution in [2.45, 2.75) is 6.92 Å². The van der Waals surface area contributed by atoms with Crippen LogP contribution in [0.5, 0.6) is 11.5 Å². The maximum atomic E-state index is 5.54. The van der Waals surface area contributed by atoms with Crippen LogP contribution >= 0.6 is 0 Å². The summed E-state index contributed by atoms with van der Waals surface area (Å²) in [4.78, 5) is 3.13. The molecule has 0 saturated carbocycles. The largest absolute Gasteiger partial charge is 0.486 e. The minimum Gasteiger partial charge on any atom is -0.486 e. The van der Waals surface area contributed by atoms with E-state index < -0.39 is 0 Å². The molecule has 1 aliphatic rings. The molecule has 17 heavy (non-hydrogen) atoms. The highest BCUT2D eigenvalue weighted by Gasteiger charge is 2.11. The summed E-state index contributed by atoms with van der Waals surface area (Å²) in [5.74, 6) is 1.61. The first-order valence-electron chi connectivity index (χ1n) is 5.63. The van der Waals surface area contributed by atoms with Gasteiger partial charge in [-0.15, -0.1) is 0 Å². The van der Waals surface area contributed by atoms with Crippen molar-refractivity contribution in [3.8, 4) is 11.5 Å². The van der Waals surface area contributed by atoms with Gasteiger partial charge in [0, 0.05) is 23.6 Å². The lowest BCUT2D eigenvalue weighted by molar-refractivity contribution is 0.171. The van der Waals surface area contributed by atoms with Gasteiger partial charge in [0.1, 0.15) is 13.2 Å². The molecule has 88 valence electrons. The van der Waals surface area contributed by atoms with E-state index in [1.54, 1.807) is 0 Å². The van der Waals surface area contributed by atoms with E-state index in [0.29, 0.717) is 13.2 Å². The van der Waals surface area contributed by atoms with Gasteiger partial charge in [-0.05, 0) is 25.1 Å². The summed E-state index contributed by atoms with van der Waals surface area (Å²) >= 11 is 0. The Bertz CT molecular complexity index is 534. The van der Waals surface area contributed by atoms with Crippen LogP contribution in [0, 0.1) is 6.92 Å². The number of nitrogens with one attached hydrogen (secondary N) is 2. The topological polar surface area (TPSA) is 46.3 Å². The second-order valence-electron chi connectivity index (χ2n) is 4.00. The highest BCUT2D eigenvalue weighted by molar-refractivity contribution is 5.65. The van der Waals surface area contributed by atoms with Crippen LogP contribution in [0.4, 0.5) is 11.4 Å². The van der Waals surface area contributed by atoms with E-state index in [1.807, 2.05) is 37.4 Å². The Hall–Kier alpha value is -2.10. The molecule has 2 N–H and O–H groups in total. The summed E-state index contributed by atoms with van der Waals surface area (Å²) in [6.45, 7) is 3.26. The van der Waals surface area contributed by atoms with Crippen molar-refractivity contribution in [1.29, 1.82) is 0 Å². The molecule has 0 unspecified atom stereocenters. The summed E-state index contributed by atoms with van der Waals surface area (Å²) in [6.07, 6.45) is 1.91. The normalized spacial score (nSPS) is 13.5. The highest BCUT2D eigenvalue weighted by Crippen LogP contribution is 2.33. The van der Waals surface area contributed by atoms with Crippen LogP contribution in [-0.4, -0.2) is 18.2 Å². The number of hydrogen-bond acceptors (Lipinski definition) is 3. The lowest BCUT2D eigenvalue weighted by Gasteiger charge is -2.19. The summed E-state index contributed by atoms with van der Waals surface area (Å²) in [6, 6.07) is 7.88. The number of aromatic amines is 1. The van der Waals surface area contributed by atoms with Crippen LogP contribution in [0.25, 0.3) is 0 Å². The average Bonchev–Trinajstić information content (AvgIpc) is 2.75. The van der Waals surface area contributed by atoms with E-state index in [9.17, 15) is 0 Å². The molecule has 1 aliphatic heterocycles. The number of H-pyrrole nitrogens is 1. The zero-order valence-electron chi connectivity index (χ0n) is 9.62. The first-order valence-corrected chi connectivity index (χ1v) is 5.63. The smallest absolute Gasteiger partial charge is 0.163 e. The first-order chi connectivity index (χ1) is 8.33. The van der Waals surface area contributed by atoms with E-state index >= 15 is 0 Å². The molecule has 0 fully saturated rings. The number of aromatic nitrogens is 1. The lowest BCUT2D eigenvalue weighted by atomic mass is 10.2. The summed E-state index contributed by atoms with van der Waals surface area (Å²) in [7, 11) is 0. The van der Waals surface area contributed by atoms with Crippen LogP contribution in [0.3, 0.4) is 0 Å². The number of benzene rings is 1. The highest BCUT2D eigenvalue weighted by atomic mass is 16.6. The summed E-state index contributed by atoms with van der Waals surface area (Å²) in [5, 5.41) is 3.34. The molecule has 3 rings (SSSR count). The zero-order valence-corrected chi connectivity index (χ0v) is 9.62. The van der Waals surface area contributed by atoms with Gasteiger partial charge in [-0.25, -0.2) is 0 Å². The summed E-state index contributed by atoms with van der Waals surface area (Å²) < 4.78 is 11.0. The van der Waals surface area contributed by atoms with Gasteiger partial charge in [0.05, 0.1) is 5.69 Å². The lowest BCUT2D eigenvalue weighted by Crippen LogP contribution is -2.15. The molecular formula is C13H14N2O2. The Morgan fingerprint density at radius 2 is 1.94 bits per heavy atom. The predicted octanol–water partition coefficient (Wildman–Crippen LogP) is 2.84. The van der Waals surface area contributed by atoms with Crippen molar-refractivity contribution >= 4 is 11.4 Å². The standard InChI is InChI=1S/C13H14N2O2/c1-9-11(4-5-14-9)15-10-2-3-12-13(8-10)17-7-6-16-12/h2-5,8,14-15H,6-7H2,1H3. The van der Waals surface area contributed by atoms with Gasteiger partial charge >= 0.3 is 0 Å². The molecule has 0 radical (unpaired) electrons. The van der Waals surface area contributed by atoms with Crippen molar-refractivity contribution in [2.75, 3.05) is 18.5 Å². The van der Waals surface area contributed by atoms with Gasteiger partial charge < -0.3 is 19.8 Å². The van der Waals surface area contributed by atoms with Crippen LogP contribution in [0.15, 0.2) is 30.5 Å². The predicted molar refractivity (Wildman–Crippen MR) is 66.2 cm³/mol. The van der Waals surface area contributed by atoms with Gasteiger partial charge in [0.2, 0.25) is 0 Å². The van der Waals surface area contributed by atoms with E-state index in [-0.39, 0.29) is 0 Å². The number of hydrogen-bond donors (Lipinski definition) is 2. The third-order valence-corrected chi connectivity index (χ3v) is 2.78. The fraction of sp³-hybridized carbons (Fsp3) is 0.231. The molecule has 0 bridgehead atoms. The van der Waals surface area contributed by atoms with Gasteiger partial charge in [0.25, 0.3) is 0 Å². The Kier molecular flexibility index (Phi) is 2.40. The van der Waals surface area contributed by atoms with E-state index in [0.717, 1.165) is 28.6 Å². The van der Waals surface area contributed by atoms with Crippen molar-refractivity contribution in [3.63, 3.8) is 0 Å². The second kappa shape index (κ2) is 4.05. The van der Waals surface area contributed by atoms with Gasteiger partial charge in [0.15, 0.2) is 11.5 Å². The Morgan fingerprint density at radius 3 is 2.71 bits per heavy atom. The van der Waals surface area contributed by atoms with Crippen molar-refractivity contribution in [1.82, 2.24) is 4.98 Å². The molecule has 4 nitrogen and oxygen atoms in total. The van der Waals surface area contributed by atoms with Gasteiger partial charge in [-0.2, -0.15) is 0 Å². The molecule has 4 heteroatoms. The molecule has 1 aromatic heterocycles. The Morgan fingerprint density at radius 1 is 1.12 bits per heavy atom. The summed E-state index contributed by atoms with van der Waals surface area (Å²) in [5.41, 5.74) is 3.18. The number of anilines is 2.